The Balaban J connectivity index is 2.00. The number of nitrogens with zero attached hydrogens (tertiary/aromatic N) is 2. The lowest BCUT2D eigenvalue weighted by atomic mass is 9.99. The zero-order valence-corrected chi connectivity index (χ0v) is 16.3. The number of ether oxygens (including phenoxy) is 2. The van der Waals surface area contributed by atoms with Crippen molar-refractivity contribution >= 4 is 17.2 Å². The largest absolute Gasteiger partial charge is 0.494 e. The predicted molar refractivity (Wildman–Crippen MR) is 106 cm³/mol. The van der Waals surface area contributed by atoms with Crippen LogP contribution in [-0.4, -0.2) is 42.6 Å². The van der Waals surface area contributed by atoms with Crippen LogP contribution in [0.5, 0.6) is 5.75 Å². The van der Waals surface area contributed by atoms with E-state index < -0.39 is 4.92 Å². The lowest BCUT2D eigenvalue weighted by Crippen LogP contribution is -2.46. The number of rotatable bonds is 6. The normalized spacial score (nSPS) is 19.3. The van der Waals surface area contributed by atoms with E-state index in [0.717, 1.165) is 0 Å². The number of benzene rings is 2. The molecule has 7 nitrogen and oxygen atoms in total. The van der Waals surface area contributed by atoms with Crippen molar-refractivity contribution in [3.05, 3.63) is 63.7 Å². The summed E-state index contributed by atoms with van der Waals surface area (Å²) in [6.07, 6.45) is 0.0136. The average Bonchev–Trinajstić information content (AvgIpc) is 2.67. The third kappa shape index (κ3) is 4.31. The van der Waals surface area contributed by atoms with Crippen LogP contribution >= 0.6 is 0 Å². The molecule has 0 spiro atoms. The first kappa shape index (κ1) is 19.8. The molecule has 2 aromatic carbocycles. The van der Waals surface area contributed by atoms with Crippen LogP contribution in [0.15, 0.2) is 42.5 Å². The third-order valence-electron chi connectivity index (χ3n) is 4.62. The molecule has 2 atom stereocenters. The molecule has 1 heterocycles. The number of nitro groups is 1. The fraction of sp³-hybridized carbons (Fsp3) is 0.381. The van der Waals surface area contributed by atoms with Crippen LogP contribution in [0.4, 0.5) is 11.4 Å². The average molecular weight is 384 g/mol. The molecule has 1 fully saturated rings. The molecule has 0 saturated carbocycles. The van der Waals surface area contributed by atoms with Crippen LogP contribution in [0.25, 0.3) is 0 Å². The summed E-state index contributed by atoms with van der Waals surface area (Å²) in [6.45, 7) is 7.61. The van der Waals surface area contributed by atoms with E-state index in [9.17, 15) is 14.9 Å². The molecule has 0 unspecified atom stereocenters. The first-order valence-electron chi connectivity index (χ1n) is 9.35. The molecule has 0 radical (unpaired) electrons. The highest BCUT2D eigenvalue weighted by Crippen LogP contribution is 2.30. The number of hydrogen-bond acceptors (Lipinski definition) is 6. The number of carbonyl (C=O) groups is 1. The van der Waals surface area contributed by atoms with Crippen molar-refractivity contribution < 1.29 is 19.2 Å². The van der Waals surface area contributed by atoms with Gasteiger partial charge in [-0.25, -0.2) is 0 Å². The molecular weight excluding hydrogens is 360 g/mol. The van der Waals surface area contributed by atoms with Crippen molar-refractivity contribution in [1.29, 1.82) is 0 Å². The molecule has 1 saturated heterocycles. The molecule has 0 N–H and O–H groups in total. The molecule has 148 valence electrons. The van der Waals surface area contributed by atoms with Gasteiger partial charge in [-0.1, -0.05) is 0 Å². The van der Waals surface area contributed by atoms with Gasteiger partial charge >= 0.3 is 0 Å². The summed E-state index contributed by atoms with van der Waals surface area (Å²) < 4.78 is 11.2. The Hall–Kier alpha value is -2.93. The third-order valence-corrected chi connectivity index (χ3v) is 4.62. The summed E-state index contributed by atoms with van der Waals surface area (Å²) in [6, 6.07) is 11.3. The van der Waals surface area contributed by atoms with Gasteiger partial charge in [-0.05, 0) is 51.1 Å². The number of carbonyl (C=O) groups excluding carboxylic acids is 1. The van der Waals surface area contributed by atoms with Gasteiger partial charge in [0.15, 0.2) is 5.78 Å². The van der Waals surface area contributed by atoms with Gasteiger partial charge in [-0.3, -0.25) is 14.9 Å². The van der Waals surface area contributed by atoms with Gasteiger partial charge in [-0.15, -0.1) is 0 Å². The Morgan fingerprint density at radius 2 is 1.82 bits per heavy atom. The van der Waals surface area contributed by atoms with E-state index in [0.29, 0.717) is 42.3 Å². The molecule has 28 heavy (non-hydrogen) atoms. The molecule has 2 aromatic rings. The van der Waals surface area contributed by atoms with Gasteiger partial charge in [-0.2, -0.15) is 0 Å². The van der Waals surface area contributed by atoms with Gasteiger partial charge < -0.3 is 14.4 Å². The maximum atomic E-state index is 13.2. The van der Waals surface area contributed by atoms with E-state index in [1.54, 1.807) is 30.3 Å². The summed E-state index contributed by atoms with van der Waals surface area (Å²) in [5.74, 6) is 0.419. The van der Waals surface area contributed by atoms with Crippen LogP contribution in [0.1, 0.15) is 36.7 Å². The second kappa shape index (κ2) is 8.39. The predicted octanol–water partition coefficient (Wildman–Crippen LogP) is 3.84. The number of hydrogen-bond donors (Lipinski definition) is 0. The maximum Gasteiger partial charge on any atom is 0.270 e. The number of ketones is 1. The fourth-order valence-electron chi connectivity index (χ4n) is 3.49. The second-order valence-electron chi connectivity index (χ2n) is 6.91. The second-order valence-corrected chi connectivity index (χ2v) is 6.91. The Kier molecular flexibility index (Phi) is 5.94. The fourth-order valence-corrected chi connectivity index (χ4v) is 3.49. The number of nitro benzene ring substituents is 1. The maximum absolute atomic E-state index is 13.2. The highest BCUT2D eigenvalue weighted by molar-refractivity contribution is 6.12. The smallest absolute Gasteiger partial charge is 0.270 e. The van der Waals surface area contributed by atoms with Gasteiger partial charge in [0.05, 0.1) is 29.3 Å². The summed E-state index contributed by atoms with van der Waals surface area (Å²) in [7, 11) is 0. The lowest BCUT2D eigenvalue weighted by molar-refractivity contribution is -0.384. The minimum atomic E-state index is -0.483. The standard InChI is InChI=1S/C21H24N2O5/c1-4-27-18-8-5-16(6-9-18)21(24)19-11-17(23(25)26)7-10-20(19)22-12-14(2)28-15(3)13-22/h5-11,14-15H,4,12-13H2,1-3H3/t14-,15-/m1/s1. The van der Waals surface area contributed by atoms with Gasteiger partial charge in [0, 0.05) is 36.5 Å². The van der Waals surface area contributed by atoms with E-state index in [1.165, 1.54) is 12.1 Å². The molecule has 1 aliphatic heterocycles. The number of anilines is 1. The van der Waals surface area contributed by atoms with E-state index in [1.807, 2.05) is 20.8 Å². The summed E-state index contributed by atoms with van der Waals surface area (Å²) in [5.41, 5.74) is 1.36. The molecular formula is C21H24N2O5. The van der Waals surface area contributed by atoms with Crippen LogP contribution in [0, 0.1) is 10.1 Å². The van der Waals surface area contributed by atoms with Gasteiger partial charge in [0.25, 0.3) is 5.69 Å². The van der Waals surface area contributed by atoms with Crippen molar-refractivity contribution in [3.8, 4) is 5.75 Å². The van der Waals surface area contributed by atoms with Crippen LogP contribution in [-0.2, 0) is 4.74 Å². The van der Waals surface area contributed by atoms with Crippen LogP contribution in [0.3, 0.4) is 0 Å². The quantitative estimate of drug-likeness (QED) is 0.428. The summed E-state index contributed by atoms with van der Waals surface area (Å²) in [4.78, 5) is 26.0. The Labute approximate surface area is 164 Å². The van der Waals surface area contributed by atoms with Crippen molar-refractivity contribution in [2.45, 2.75) is 33.0 Å². The Morgan fingerprint density at radius 3 is 2.39 bits per heavy atom. The highest BCUT2D eigenvalue weighted by atomic mass is 16.6. The molecule has 0 bridgehead atoms. The molecule has 0 aliphatic carbocycles. The van der Waals surface area contributed by atoms with E-state index >= 15 is 0 Å². The van der Waals surface area contributed by atoms with Crippen LogP contribution < -0.4 is 9.64 Å². The van der Waals surface area contributed by atoms with Gasteiger partial charge in [0.2, 0.25) is 0 Å². The van der Waals surface area contributed by atoms with E-state index in [-0.39, 0.29) is 23.7 Å². The first-order chi connectivity index (χ1) is 13.4. The summed E-state index contributed by atoms with van der Waals surface area (Å²) in [5, 5.41) is 11.3. The Bertz CT molecular complexity index is 856. The van der Waals surface area contributed by atoms with E-state index in [2.05, 4.69) is 4.90 Å². The summed E-state index contributed by atoms with van der Waals surface area (Å²) >= 11 is 0. The molecule has 0 aromatic heterocycles. The Morgan fingerprint density at radius 1 is 1.18 bits per heavy atom. The number of morpholine rings is 1. The molecule has 7 heteroatoms. The van der Waals surface area contributed by atoms with E-state index in [4.69, 9.17) is 9.47 Å². The zero-order chi connectivity index (χ0) is 20.3. The minimum absolute atomic E-state index is 0.00682. The van der Waals surface area contributed by atoms with Crippen molar-refractivity contribution in [2.24, 2.45) is 0 Å². The minimum Gasteiger partial charge on any atom is -0.494 e. The number of non-ortho nitro benzene ring substituents is 1. The monoisotopic (exact) mass is 384 g/mol. The lowest BCUT2D eigenvalue weighted by Gasteiger charge is -2.37. The van der Waals surface area contributed by atoms with Crippen molar-refractivity contribution in [2.75, 3.05) is 24.6 Å². The SMILES string of the molecule is CCOc1ccc(C(=O)c2cc([N+](=O)[O-])ccc2N2C[C@@H](C)O[C@H](C)C2)cc1. The highest BCUT2D eigenvalue weighted by Gasteiger charge is 2.27. The molecule has 0 amide bonds. The topological polar surface area (TPSA) is 81.9 Å². The molecule has 3 rings (SSSR count). The zero-order valence-electron chi connectivity index (χ0n) is 16.3. The first-order valence-corrected chi connectivity index (χ1v) is 9.35. The van der Waals surface area contributed by atoms with Crippen LogP contribution in [0.2, 0.25) is 0 Å². The molecule has 1 aliphatic rings. The van der Waals surface area contributed by atoms with Crippen molar-refractivity contribution in [3.63, 3.8) is 0 Å². The van der Waals surface area contributed by atoms with Crippen molar-refractivity contribution in [1.82, 2.24) is 0 Å². The van der Waals surface area contributed by atoms with Gasteiger partial charge in [0.1, 0.15) is 5.75 Å².